The molecular weight excluding hydrogens is 454 g/mol. The average Bonchev–Trinajstić information content (AvgIpc) is 3.30. The summed E-state index contributed by atoms with van der Waals surface area (Å²) in [5.41, 5.74) is 2.75. The van der Waals surface area contributed by atoms with Crippen molar-refractivity contribution in [2.24, 2.45) is 5.92 Å². The molecule has 0 saturated heterocycles. The summed E-state index contributed by atoms with van der Waals surface area (Å²) < 4.78 is 6.87. The lowest BCUT2D eigenvalue weighted by atomic mass is 10.0. The molecule has 1 aromatic heterocycles. The highest BCUT2D eigenvalue weighted by atomic mass is 16.5. The van der Waals surface area contributed by atoms with Gasteiger partial charge in [-0.15, -0.1) is 5.10 Å². The van der Waals surface area contributed by atoms with Crippen molar-refractivity contribution in [1.82, 2.24) is 20.3 Å². The molecule has 4 rings (SSSR count). The Balaban J connectivity index is 1.74. The second-order valence-electron chi connectivity index (χ2n) is 8.98. The van der Waals surface area contributed by atoms with E-state index in [1.807, 2.05) is 54.6 Å². The molecule has 1 atom stereocenters. The Labute approximate surface area is 210 Å². The van der Waals surface area contributed by atoms with Crippen molar-refractivity contribution in [3.05, 3.63) is 84.4 Å². The normalized spacial score (nSPS) is 11.9. The SMILES string of the molecule is COc1ccc(N(C(=O)Cn2nnc3ccccc32)[C@H](C(=O)NCCC(C)C)c2ccccc2)cc1. The van der Waals surface area contributed by atoms with Crippen LogP contribution < -0.4 is 15.0 Å². The maximum absolute atomic E-state index is 13.9. The summed E-state index contributed by atoms with van der Waals surface area (Å²) in [6.45, 7) is 4.67. The van der Waals surface area contributed by atoms with Gasteiger partial charge in [0.1, 0.15) is 23.9 Å². The van der Waals surface area contributed by atoms with Crippen molar-refractivity contribution in [1.29, 1.82) is 0 Å². The lowest BCUT2D eigenvalue weighted by Crippen LogP contribution is -2.45. The van der Waals surface area contributed by atoms with Crippen LogP contribution in [0.3, 0.4) is 0 Å². The number of hydrogen-bond donors (Lipinski definition) is 1. The summed E-state index contributed by atoms with van der Waals surface area (Å²) in [6, 6.07) is 23.1. The molecular formula is C28H31N5O3. The predicted molar refractivity (Wildman–Crippen MR) is 140 cm³/mol. The molecule has 36 heavy (non-hydrogen) atoms. The molecule has 186 valence electrons. The highest BCUT2D eigenvalue weighted by Crippen LogP contribution is 2.30. The molecule has 1 heterocycles. The Bertz CT molecular complexity index is 1300. The number of carbonyl (C=O) groups excluding carboxylic acids is 2. The quantitative estimate of drug-likeness (QED) is 0.360. The van der Waals surface area contributed by atoms with E-state index < -0.39 is 6.04 Å². The monoisotopic (exact) mass is 485 g/mol. The molecule has 2 amide bonds. The van der Waals surface area contributed by atoms with E-state index in [1.165, 1.54) is 4.90 Å². The molecule has 0 aliphatic carbocycles. The predicted octanol–water partition coefficient (Wildman–Crippen LogP) is 4.38. The summed E-state index contributed by atoms with van der Waals surface area (Å²) in [4.78, 5) is 29.1. The molecule has 0 aliphatic heterocycles. The second-order valence-corrected chi connectivity index (χ2v) is 8.98. The fourth-order valence-corrected chi connectivity index (χ4v) is 4.05. The van der Waals surface area contributed by atoms with Crippen LogP contribution in [0, 0.1) is 5.92 Å². The molecule has 8 heteroatoms. The van der Waals surface area contributed by atoms with Crippen LogP contribution in [0.1, 0.15) is 31.9 Å². The van der Waals surface area contributed by atoms with Gasteiger partial charge >= 0.3 is 0 Å². The van der Waals surface area contributed by atoms with E-state index in [0.717, 1.165) is 11.9 Å². The number of amides is 2. The Morgan fingerprint density at radius 2 is 1.67 bits per heavy atom. The number of carbonyl (C=O) groups is 2. The summed E-state index contributed by atoms with van der Waals surface area (Å²) >= 11 is 0. The number of rotatable bonds is 10. The van der Waals surface area contributed by atoms with Crippen LogP contribution in [-0.2, 0) is 16.1 Å². The molecule has 0 aliphatic rings. The van der Waals surface area contributed by atoms with Crippen LogP contribution in [0.25, 0.3) is 11.0 Å². The number of ether oxygens (including phenoxy) is 1. The Hall–Kier alpha value is -4.20. The molecule has 0 spiro atoms. The summed E-state index contributed by atoms with van der Waals surface area (Å²) in [6.07, 6.45) is 0.842. The van der Waals surface area contributed by atoms with E-state index in [1.54, 1.807) is 36.1 Å². The Morgan fingerprint density at radius 3 is 2.36 bits per heavy atom. The van der Waals surface area contributed by atoms with E-state index in [4.69, 9.17) is 4.74 Å². The van der Waals surface area contributed by atoms with E-state index in [2.05, 4.69) is 29.5 Å². The number of para-hydroxylation sites is 1. The van der Waals surface area contributed by atoms with Crippen molar-refractivity contribution in [2.45, 2.75) is 32.9 Å². The van der Waals surface area contributed by atoms with Gasteiger partial charge in [-0.25, -0.2) is 4.68 Å². The van der Waals surface area contributed by atoms with Gasteiger partial charge in [-0.2, -0.15) is 0 Å². The van der Waals surface area contributed by atoms with Gasteiger partial charge in [-0.3, -0.25) is 14.5 Å². The van der Waals surface area contributed by atoms with E-state index >= 15 is 0 Å². The lowest BCUT2D eigenvalue weighted by Gasteiger charge is -2.31. The van der Waals surface area contributed by atoms with Crippen molar-refractivity contribution in [2.75, 3.05) is 18.6 Å². The maximum Gasteiger partial charge on any atom is 0.249 e. The maximum atomic E-state index is 13.9. The first-order chi connectivity index (χ1) is 17.5. The van der Waals surface area contributed by atoms with Crippen molar-refractivity contribution in [3.8, 4) is 5.75 Å². The third kappa shape index (κ3) is 5.71. The fourth-order valence-electron chi connectivity index (χ4n) is 4.05. The summed E-state index contributed by atoms with van der Waals surface area (Å²) in [5, 5.41) is 11.4. The van der Waals surface area contributed by atoms with Crippen LogP contribution >= 0.6 is 0 Å². The van der Waals surface area contributed by atoms with Gasteiger partial charge < -0.3 is 10.1 Å². The van der Waals surface area contributed by atoms with Gasteiger partial charge in [0, 0.05) is 12.2 Å². The molecule has 0 unspecified atom stereocenters. The molecule has 0 saturated carbocycles. The number of hydrogen-bond acceptors (Lipinski definition) is 5. The van der Waals surface area contributed by atoms with Crippen molar-refractivity contribution in [3.63, 3.8) is 0 Å². The van der Waals surface area contributed by atoms with Gasteiger partial charge in [-0.05, 0) is 54.3 Å². The summed E-state index contributed by atoms with van der Waals surface area (Å²) in [7, 11) is 1.59. The highest BCUT2D eigenvalue weighted by Gasteiger charge is 2.33. The number of benzene rings is 3. The number of nitrogens with zero attached hydrogens (tertiary/aromatic N) is 4. The fraction of sp³-hybridized carbons (Fsp3) is 0.286. The number of anilines is 1. The first-order valence-corrected chi connectivity index (χ1v) is 12.0. The molecule has 0 radical (unpaired) electrons. The molecule has 1 N–H and O–H groups in total. The minimum Gasteiger partial charge on any atom is -0.497 e. The van der Waals surface area contributed by atoms with Gasteiger partial charge in [0.15, 0.2) is 0 Å². The molecule has 3 aromatic carbocycles. The minimum absolute atomic E-state index is 0.0743. The standard InChI is InChI=1S/C28H31N5O3/c1-20(2)17-18-29-28(35)27(21-9-5-4-6-10-21)33(22-13-15-23(36-3)16-14-22)26(34)19-32-25-12-8-7-11-24(25)30-31-32/h4-16,20,27H,17-19H2,1-3H3,(H,29,35)/t27-/m0/s1. The molecule has 0 bridgehead atoms. The van der Waals surface area contributed by atoms with Gasteiger partial charge in [0.05, 0.1) is 12.6 Å². The zero-order chi connectivity index (χ0) is 25.5. The number of methoxy groups -OCH3 is 1. The molecule has 0 fully saturated rings. The van der Waals surface area contributed by atoms with Crippen molar-refractivity contribution < 1.29 is 14.3 Å². The van der Waals surface area contributed by atoms with E-state index in [0.29, 0.717) is 35.0 Å². The van der Waals surface area contributed by atoms with Crippen LogP contribution in [0.4, 0.5) is 5.69 Å². The number of aromatic nitrogens is 3. The molecule has 8 nitrogen and oxygen atoms in total. The van der Waals surface area contributed by atoms with E-state index in [9.17, 15) is 9.59 Å². The minimum atomic E-state index is -0.867. The largest absolute Gasteiger partial charge is 0.497 e. The van der Waals surface area contributed by atoms with Crippen molar-refractivity contribution >= 4 is 28.5 Å². The Kier molecular flexibility index (Phi) is 7.95. The molecule has 4 aromatic rings. The lowest BCUT2D eigenvalue weighted by molar-refractivity contribution is -0.127. The average molecular weight is 486 g/mol. The zero-order valence-electron chi connectivity index (χ0n) is 20.8. The van der Waals surface area contributed by atoms with Gasteiger partial charge in [-0.1, -0.05) is 61.5 Å². The first kappa shape index (κ1) is 24.9. The van der Waals surface area contributed by atoms with Crippen LogP contribution in [-0.4, -0.2) is 40.5 Å². The Morgan fingerprint density at radius 1 is 0.972 bits per heavy atom. The first-order valence-electron chi connectivity index (χ1n) is 12.0. The summed E-state index contributed by atoms with van der Waals surface area (Å²) in [5.74, 6) is 0.574. The van der Waals surface area contributed by atoms with Gasteiger partial charge in [0.2, 0.25) is 11.8 Å². The smallest absolute Gasteiger partial charge is 0.249 e. The number of nitrogens with one attached hydrogen (secondary N) is 1. The highest BCUT2D eigenvalue weighted by molar-refractivity contribution is 6.01. The topological polar surface area (TPSA) is 89.3 Å². The van der Waals surface area contributed by atoms with Crippen LogP contribution in [0.15, 0.2) is 78.9 Å². The zero-order valence-corrected chi connectivity index (χ0v) is 20.8. The van der Waals surface area contributed by atoms with Crippen LogP contribution in [0.2, 0.25) is 0 Å². The third-order valence-electron chi connectivity index (χ3n) is 5.97. The van der Waals surface area contributed by atoms with E-state index in [-0.39, 0.29) is 18.4 Å². The van der Waals surface area contributed by atoms with Gasteiger partial charge in [0.25, 0.3) is 0 Å². The third-order valence-corrected chi connectivity index (χ3v) is 5.97. The second kappa shape index (κ2) is 11.5. The van der Waals surface area contributed by atoms with Crippen LogP contribution in [0.5, 0.6) is 5.75 Å². The number of fused-ring (bicyclic) bond motifs is 1.